The molecule has 0 spiro atoms. The van der Waals surface area contributed by atoms with Crippen LogP contribution in [-0.2, 0) is 4.76 Å². The van der Waals surface area contributed by atoms with Gasteiger partial charge in [-0.3, -0.25) is 0 Å². The van der Waals surface area contributed by atoms with Crippen molar-refractivity contribution < 1.29 is 4.76 Å². The van der Waals surface area contributed by atoms with E-state index in [0.717, 1.165) is 22.3 Å². The number of fused-ring (bicyclic) bond motifs is 1. The van der Waals surface area contributed by atoms with E-state index in [2.05, 4.69) is 16.2 Å². The van der Waals surface area contributed by atoms with Crippen molar-refractivity contribution >= 4 is 30.5 Å². The third kappa shape index (κ3) is 1.55. The summed E-state index contributed by atoms with van der Waals surface area (Å²) in [4.78, 5) is 4.27. The van der Waals surface area contributed by atoms with E-state index in [9.17, 15) is 0 Å². The summed E-state index contributed by atoms with van der Waals surface area (Å²) in [5.74, 6) is 0. The van der Waals surface area contributed by atoms with Crippen molar-refractivity contribution in [3.05, 3.63) is 34.7 Å². The number of hydrogen-bond acceptors (Lipinski definition) is 4. The van der Waals surface area contributed by atoms with E-state index in [1.807, 2.05) is 23.0 Å². The molecule has 0 N–H and O–H groups in total. The standard InChI is InChI=1S/C10H6BN2OS/c1-2-9-8(4-13-14-11-9)3-7(1)10-5-15-6-12-10/h1-6H. The molecule has 0 aliphatic carbocycles. The zero-order chi connectivity index (χ0) is 10.1. The molecule has 3 rings (SSSR count). The van der Waals surface area contributed by atoms with Gasteiger partial charge in [-0.15, -0.1) is 16.5 Å². The van der Waals surface area contributed by atoms with Crippen molar-refractivity contribution in [3.63, 3.8) is 0 Å². The van der Waals surface area contributed by atoms with E-state index in [4.69, 9.17) is 4.76 Å². The molecule has 2 aromatic rings. The summed E-state index contributed by atoms with van der Waals surface area (Å²) in [5.41, 5.74) is 6.05. The molecule has 1 aliphatic heterocycles. The fourth-order valence-electron chi connectivity index (χ4n) is 1.48. The van der Waals surface area contributed by atoms with Crippen molar-refractivity contribution in [3.8, 4) is 11.3 Å². The zero-order valence-corrected chi connectivity index (χ0v) is 8.57. The lowest BCUT2D eigenvalue weighted by molar-refractivity contribution is 0.370. The quantitative estimate of drug-likeness (QED) is 0.671. The molecular formula is C10H6BN2OS. The Kier molecular flexibility index (Phi) is 2.03. The first-order valence-corrected chi connectivity index (χ1v) is 5.43. The molecule has 2 heterocycles. The Bertz CT molecular complexity index is 510. The monoisotopic (exact) mass is 213 g/mol. The van der Waals surface area contributed by atoms with Gasteiger partial charge in [-0.1, -0.05) is 12.1 Å². The second kappa shape index (κ2) is 3.51. The average Bonchev–Trinajstić information content (AvgIpc) is 2.82. The van der Waals surface area contributed by atoms with Crippen LogP contribution in [0.2, 0.25) is 0 Å². The van der Waals surface area contributed by atoms with E-state index >= 15 is 0 Å². The number of nitrogens with zero attached hydrogens (tertiary/aromatic N) is 2. The highest BCUT2D eigenvalue weighted by Gasteiger charge is 2.11. The summed E-state index contributed by atoms with van der Waals surface area (Å²) in [5, 5.41) is 5.77. The van der Waals surface area contributed by atoms with Crippen LogP contribution in [0.3, 0.4) is 0 Å². The Morgan fingerprint density at radius 3 is 3.20 bits per heavy atom. The highest BCUT2D eigenvalue weighted by atomic mass is 32.1. The van der Waals surface area contributed by atoms with Crippen LogP contribution in [0, 0.1) is 0 Å². The lowest BCUT2D eigenvalue weighted by atomic mass is 9.83. The highest BCUT2D eigenvalue weighted by Crippen LogP contribution is 2.19. The van der Waals surface area contributed by atoms with Gasteiger partial charge >= 0.3 is 7.48 Å². The van der Waals surface area contributed by atoms with E-state index < -0.39 is 0 Å². The normalized spacial score (nSPS) is 12.8. The van der Waals surface area contributed by atoms with Gasteiger partial charge in [0.05, 0.1) is 17.4 Å². The Morgan fingerprint density at radius 2 is 2.33 bits per heavy atom. The van der Waals surface area contributed by atoms with Crippen molar-refractivity contribution in [2.24, 2.45) is 5.16 Å². The van der Waals surface area contributed by atoms with Crippen LogP contribution in [0.15, 0.2) is 34.2 Å². The van der Waals surface area contributed by atoms with Crippen LogP contribution in [0.5, 0.6) is 0 Å². The molecule has 1 aromatic carbocycles. The van der Waals surface area contributed by atoms with Crippen LogP contribution >= 0.6 is 11.3 Å². The van der Waals surface area contributed by atoms with E-state index in [0.29, 0.717) is 0 Å². The fourth-order valence-corrected chi connectivity index (χ4v) is 2.04. The molecule has 1 radical (unpaired) electrons. The Hall–Kier alpha value is -1.62. The number of thiazole rings is 1. The molecule has 0 saturated heterocycles. The summed E-state index contributed by atoms with van der Waals surface area (Å²) in [7, 11) is 1.64. The van der Waals surface area contributed by atoms with Gasteiger partial charge in [0.1, 0.15) is 0 Å². The van der Waals surface area contributed by atoms with E-state index in [1.165, 1.54) is 0 Å². The van der Waals surface area contributed by atoms with Crippen LogP contribution < -0.4 is 5.46 Å². The number of aromatic nitrogens is 1. The average molecular weight is 213 g/mol. The molecule has 71 valence electrons. The predicted molar refractivity (Wildman–Crippen MR) is 61.6 cm³/mol. The SMILES string of the molecule is [B]1ON=Cc2cc(-c3cscn3)ccc21. The molecule has 0 saturated carbocycles. The lowest BCUT2D eigenvalue weighted by Gasteiger charge is -2.09. The maximum absolute atomic E-state index is 4.86. The van der Waals surface area contributed by atoms with E-state index in [-0.39, 0.29) is 0 Å². The van der Waals surface area contributed by atoms with Crippen LogP contribution in [0.25, 0.3) is 11.3 Å². The Morgan fingerprint density at radius 1 is 1.33 bits per heavy atom. The van der Waals surface area contributed by atoms with Crippen molar-refractivity contribution in [1.29, 1.82) is 0 Å². The molecule has 1 aromatic heterocycles. The van der Waals surface area contributed by atoms with Crippen molar-refractivity contribution in [1.82, 2.24) is 4.98 Å². The first-order chi connectivity index (χ1) is 7.43. The Labute approximate surface area is 91.7 Å². The maximum atomic E-state index is 4.86. The zero-order valence-electron chi connectivity index (χ0n) is 7.75. The lowest BCUT2D eigenvalue weighted by Crippen LogP contribution is -2.24. The Balaban J connectivity index is 2.10. The van der Waals surface area contributed by atoms with Gasteiger partial charge < -0.3 is 4.76 Å². The van der Waals surface area contributed by atoms with Crippen molar-refractivity contribution in [2.75, 3.05) is 0 Å². The summed E-state index contributed by atoms with van der Waals surface area (Å²) in [6.45, 7) is 0. The molecule has 0 atom stereocenters. The third-order valence-electron chi connectivity index (χ3n) is 2.25. The first kappa shape index (κ1) is 8.67. The topological polar surface area (TPSA) is 34.5 Å². The molecule has 3 nitrogen and oxygen atoms in total. The van der Waals surface area contributed by atoms with Gasteiger partial charge in [-0.2, -0.15) is 0 Å². The van der Waals surface area contributed by atoms with Crippen LogP contribution in [-0.4, -0.2) is 18.7 Å². The van der Waals surface area contributed by atoms with E-state index in [1.54, 1.807) is 25.0 Å². The van der Waals surface area contributed by atoms with Gasteiger partial charge in [-0.05, 0) is 17.1 Å². The largest absolute Gasteiger partial charge is 0.468 e. The molecule has 0 bridgehead atoms. The second-order valence-corrected chi connectivity index (χ2v) is 3.89. The second-order valence-electron chi connectivity index (χ2n) is 3.18. The maximum Gasteiger partial charge on any atom is 0.449 e. The van der Waals surface area contributed by atoms with Gasteiger partial charge in [0.2, 0.25) is 0 Å². The molecule has 0 unspecified atom stereocenters. The number of benzene rings is 1. The van der Waals surface area contributed by atoms with Gasteiger partial charge in [0.25, 0.3) is 0 Å². The molecule has 1 aliphatic rings. The highest BCUT2D eigenvalue weighted by molar-refractivity contribution is 7.07. The van der Waals surface area contributed by atoms with Gasteiger partial charge in [0.15, 0.2) is 0 Å². The number of hydrogen-bond donors (Lipinski definition) is 0. The number of oxime groups is 1. The minimum Gasteiger partial charge on any atom is -0.468 e. The minimum absolute atomic E-state index is 1.00. The predicted octanol–water partition coefficient (Wildman–Crippen LogP) is 1.42. The molecule has 0 amide bonds. The molecular weight excluding hydrogens is 207 g/mol. The fraction of sp³-hybridized carbons (Fsp3) is 0. The number of rotatable bonds is 1. The van der Waals surface area contributed by atoms with Gasteiger partial charge in [0, 0.05) is 10.9 Å². The molecule has 0 fully saturated rings. The summed E-state index contributed by atoms with van der Waals surface area (Å²) in [6.07, 6.45) is 1.71. The minimum atomic E-state index is 1.00. The summed E-state index contributed by atoms with van der Waals surface area (Å²) >= 11 is 1.59. The first-order valence-electron chi connectivity index (χ1n) is 4.48. The molecule has 15 heavy (non-hydrogen) atoms. The molecule has 5 heteroatoms. The smallest absolute Gasteiger partial charge is 0.449 e. The van der Waals surface area contributed by atoms with Crippen LogP contribution in [0.4, 0.5) is 0 Å². The summed E-state index contributed by atoms with van der Waals surface area (Å²) < 4.78 is 4.86. The van der Waals surface area contributed by atoms with Crippen LogP contribution in [0.1, 0.15) is 5.56 Å². The third-order valence-corrected chi connectivity index (χ3v) is 2.83. The van der Waals surface area contributed by atoms with Crippen molar-refractivity contribution in [2.45, 2.75) is 0 Å². The van der Waals surface area contributed by atoms with Gasteiger partial charge in [-0.25, -0.2) is 4.98 Å². The summed E-state index contributed by atoms with van der Waals surface area (Å²) in [6, 6.07) is 6.11.